The van der Waals surface area contributed by atoms with Gasteiger partial charge < -0.3 is 10.1 Å². The summed E-state index contributed by atoms with van der Waals surface area (Å²) in [6.07, 6.45) is 1.04. The van der Waals surface area contributed by atoms with Crippen LogP contribution in [0.25, 0.3) is 17.0 Å². The Bertz CT molecular complexity index is 1450. The van der Waals surface area contributed by atoms with Crippen molar-refractivity contribution in [2.24, 2.45) is 0 Å². The molecule has 2 aliphatic heterocycles. The summed E-state index contributed by atoms with van der Waals surface area (Å²) in [5, 5.41) is 7.36. The van der Waals surface area contributed by atoms with Crippen molar-refractivity contribution in [3.05, 3.63) is 69.8 Å². The third-order valence-corrected chi connectivity index (χ3v) is 6.82. The van der Waals surface area contributed by atoms with Crippen LogP contribution in [-0.2, 0) is 28.4 Å². The van der Waals surface area contributed by atoms with Gasteiger partial charge in [0.2, 0.25) is 0 Å². The van der Waals surface area contributed by atoms with Crippen molar-refractivity contribution < 1.29 is 40.7 Å². The molecular weight excluding hydrogens is 574 g/mol. The summed E-state index contributed by atoms with van der Waals surface area (Å²) in [5.41, 5.74) is -2.10. The van der Waals surface area contributed by atoms with Crippen LogP contribution in [0.5, 0.6) is 0 Å². The van der Waals surface area contributed by atoms with Crippen molar-refractivity contribution in [2.75, 3.05) is 33.4 Å². The molecule has 1 aromatic heterocycles. The summed E-state index contributed by atoms with van der Waals surface area (Å²) in [6, 6.07) is 6.31. The Balaban J connectivity index is 0.000000505. The van der Waals surface area contributed by atoms with E-state index in [4.69, 9.17) is 4.74 Å². The zero-order valence-electron chi connectivity index (χ0n) is 21.6. The molecule has 1 N–H and O–H groups in total. The molecule has 2 saturated heterocycles. The molecule has 5 rings (SSSR count). The number of ether oxygens (including phenoxy) is 1. The van der Waals surface area contributed by atoms with Crippen LogP contribution < -0.4 is 5.32 Å². The number of rotatable bonds is 3. The number of alkyl halides is 6. The quantitative estimate of drug-likeness (QED) is 0.239. The zero-order chi connectivity index (χ0) is 30.4. The molecule has 41 heavy (non-hydrogen) atoms. The maximum Gasteiger partial charge on any atom is 0.416 e. The smallest absolute Gasteiger partial charge is 0.379 e. The second-order valence-electron chi connectivity index (χ2n) is 8.59. The monoisotopic (exact) mass is 598 g/mol. The fraction of sp³-hybridized carbons (Fsp3) is 0.296. The van der Waals surface area contributed by atoms with Crippen molar-refractivity contribution in [1.29, 1.82) is 0 Å². The predicted octanol–water partition coefficient (Wildman–Crippen LogP) is 5.64. The van der Waals surface area contributed by atoms with Crippen molar-refractivity contribution in [1.82, 2.24) is 20.0 Å². The number of benzene rings is 2. The molecular formula is C27H24F6N4O3S. The van der Waals surface area contributed by atoms with Crippen LogP contribution in [0.15, 0.2) is 47.5 Å². The first-order valence-electron chi connectivity index (χ1n) is 11.9. The highest BCUT2D eigenvalue weighted by Crippen LogP contribution is 2.38. The first-order chi connectivity index (χ1) is 19.3. The molecule has 2 fully saturated rings. The van der Waals surface area contributed by atoms with Gasteiger partial charge in [0.1, 0.15) is 0 Å². The Kier molecular flexibility index (Phi) is 10.2. The van der Waals surface area contributed by atoms with Crippen LogP contribution in [0.3, 0.4) is 0 Å². The number of morpholine rings is 1. The van der Waals surface area contributed by atoms with E-state index >= 15 is 0 Å². The van der Waals surface area contributed by atoms with Gasteiger partial charge >= 0.3 is 12.4 Å². The molecule has 3 heterocycles. The number of thioether (sulfide) groups is 1. The minimum Gasteiger partial charge on any atom is -0.379 e. The van der Waals surface area contributed by atoms with E-state index in [9.17, 15) is 35.9 Å². The summed E-state index contributed by atoms with van der Waals surface area (Å²) in [6.45, 7) is 3.44. The average Bonchev–Trinajstić information content (AvgIpc) is 3.45. The number of likely N-dealkylation sites (N-methyl/N-ethyl adjacent to an activating group) is 1. The summed E-state index contributed by atoms with van der Waals surface area (Å²) >= 11 is 0.787. The van der Waals surface area contributed by atoms with Gasteiger partial charge in [0.05, 0.1) is 47.5 Å². The van der Waals surface area contributed by atoms with Crippen molar-refractivity contribution in [3.8, 4) is 12.8 Å². The van der Waals surface area contributed by atoms with Crippen LogP contribution in [0, 0.1) is 12.8 Å². The van der Waals surface area contributed by atoms with Gasteiger partial charge in [0.15, 0.2) is 0 Å². The van der Waals surface area contributed by atoms with Crippen LogP contribution in [0.2, 0.25) is 0 Å². The van der Waals surface area contributed by atoms with Gasteiger partial charge in [-0.1, -0.05) is 12.1 Å². The number of fused-ring (bicyclic) bond motifs is 1. The third kappa shape index (κ3) is 7.90. The molecule has 2 aliphatic rings. The number of terminal acetylenes is 1. The number of carbonyl (C=O) groups is 2. The Labute approximate surface area is 235 Å². The maximum atomic E-state index is 13.4. The fourth-order valence-corrected chi connectivity index (χ4v) is 4.68. The lowest BCUT2D eigenvalue weighted by Crippen LogP contribution is -2.30. The molecule has 0 aliphatic carbocycles. The molecule has 2 amide bonds. The summed E-state index contributed by atoms with van der Waals surface area (Å²) < 4.78 is 85.2. The van der Waals surface area contributed by atoms with Gasteiger partial charge in [0.25, 0.3) is 11.1 Å². The Morgan fingerprint density at radius 1 is 1.02 bits per heavy atom. The highest BCUT2D eigenvalue weighted by molar-refractivity contribution is 8.18. The molecule has 0 radical (unpaired) electrons. The van der Waals surface area contributed by atoms with Crippen LogP contribution in [-0.4, -0.2) is 59.2 Å². The fourth-order valence-electron chi connectivity index (χ4n) is 3.85. The van der Waals surface area contributed by atoms with Gasteiger partial charge in [-0.25, -0.2) is 0 Å². The molecule has 14 heteroatoms. The standard InChI is InChI=1S/C21H13F6N3O2S.C4H9NO.C2H2/c1-29-18(31)17(33-19(29)32)7-11-2-5-16-13(6-11)9-28-30(16)10-12-3-4-14(20(22,23)24)8-15(12)21(25,26)27;1-3-6-4-2-5-1;1-2/h2-9H,10H2,1H3;5H,1-4H2;1-2H/b17-7-;;. The molecule has 0 unspecified atom stereocenters. The number of hydrogen-bond donors (Lipinski definition) is 1. The Morgan fingerprint density at radius 3 is 2.22 bits per heavy atom. The van der Waals surface area contributed by atoms with Gasteiger partial charge in [-0.3, -0.25) is 19.2 Å². The Morgan fingerprint density at radius 2 is 1.71 bits per heavy atom. The lowest BCUT2D eigenvalue weighted by molar-refractivity contribution is -0.143. The first kappa shape index (κ1) is 31.7. The SMILES string of the molecule is C#C.C1COCCN1.CN1C(=O)S/C(=C\c2ccc3c(cnn3Cc3ccc(C(F)(F)F)cc3C(F)(F)F)c2)C1=O. The lowest BCUT2D eigenvalue weighted by atomic mass is 10.0. The number of imide groups is 1. The van der Waals surface area contributed by atoms with E-state index in [1.54, 1.807) is 18.2 Å². The molecule has 2 aromatic carbocycles. The normalized spacial score (nSPS) is 16.8. The number of nitrogens with zero attached hydrogens (tertiary/aromatic N) is 3. The van der Waals surface area contributed by atoms with Gasteiger partial charge in [-0.2, -0.15) is 31.4 Å². The number of nitrogens with one attached hydrogen (secondary N) is 1. The molecule has 218 valence electrons. The van der Waals surface area contributed by atoms with Crippen LogP contribution in [0.1, 0.15) is 22.3 Å². The highest BCUT2D eigenvalue weighted by atomic mass is 32.2. The van der Waals surface area contributed by atoms with E-state index < -0.39 is 41.2 Å². The lowest BCUT2D eigenvalue weighted by Gasteiger charge is -2.16. The topological polar surface area (TPSA) is 76.5 Å². The maximum absolute atomic E-state index is 13.4. The zero-order valence-corrected chi connectivity index (χ0v) is 22.4. The largest absolute Gasteiger partial charge is 0.416 e. The molecule has 7 nitrogen and oxygen atoms in total. The van der Waals surface area contributed by atoms with Gasteiger partial charge in [-0.05, 0) is 53.2 Å². The van der Waals surface area contributed by atoms with E-state index in [1.165, 1.54) is 24.0 Å². The van der Waals surface area contributed by atoms with Gasteiger partial charge in [0, 0.05) is 25.5 Å². The second kappa shape index (κ2) is 13.2. The highest BCUT2D eigenvalue weighted by Gasteiger charge is 2.38. The van der Waals surface area contributed by atoms with E-state index in [2.05, 4.69) is 23.3 Å². The second-order valence-corrected chi connectivity index (χ2v) is 9.58. The number of amides is 2. The average molecular weight is 599 g/mol. The van der Waals surface area contributed by atoms with E-state index in [0.717, 1.165) is 49.0 Å². The van der Waals surface area contributed by atoms with E-state index in [-0.39, 0.29) is 16.5 Å². The molecule has 0 spiro atoms. The number of halogens is 6. The van der Waals surface area contributed by atoms with E-state index in [0.29, 0.717) is 22.5 Å². The number of aromatic nitrogens is 2. The summed E-state index contributed by atoms with van der Waals surface area (Å²) in [4.78, 5) is 24.9. The molecule has 3 aromatic rings. The minimum absolute atomic E-state index is 0.0971. The molecule has 0 saturated carbocycles. The minimum atomic E-state index is -4.98. The van der Waals surface area contributed by atoms with E-state index in [1.807, 2.05) is 0 Å². The van der Waals surface area contributed by atoms with Crippen LogP contribution >= 0.6 is 11.8 Å². The van der Waals surface area contributed by atoms with Crippen molar-refractivity contribution in [2.45, 2.75) is 18.9 Å². The van der Waals surface area contributed by atoms with Crippen molar-refractivity contribution in [3.63, 3.8) is 0 Å². The summed E-state index contributed by atoms with van der Waals surface area (Å²) in [5.74, 6) is -0.442. The first-order valence-corrected chi connectivity index (χ1v) is 12.7. The van der Waals surface area contributed by atoms with Crippen LogP contribution in [0.4, 0.5) is 31.1 Å². The third-order valence-electron chi connectivity index (χ3n) is 5.86. The predicted molar refractivity (Wildman–Crippen MR) is 143 cm³/mol. The molecule has 0 atom stereocenters. The summed E-state index contributed by atoms with van der Waals surface area (Å²) in [7, 11) is 1.36. The number of hydrogen-bond acceptors (Lipinski definition) is 6. The van der Waals surface area contributed by atoms with Gasteiger partial charge in [-0.15, -0.1) is 12.8 Å². The number of carbonyl (C=O) groups excluding carboxylic acids is 2. The Hall–Kier alpha value is -3.80. The molecule has 0 bridgehead atoms. The van der Waals surface area contributed by atoms with Crippen molar-refractivity contribution >= 4 is 39.9 Å².